The van der Waals surface area contributed by atoms with E-state index in [2.05, 4.69) is 0 Å². The van der Waals surface area contributed by atoms with Gasteiger partial charge in [0.25, 0.3) is 0 Å². The van der Waals surface area contributed by atoms with Gasteiger partial charge in [-0.05, 0) is 25.1 Å². The van der Waals surface area contributed by atoms with Gasteiger partial charge in [-0.2, -0.15) is 0 Å². The van der Waals surface area contributed by atoms with E-state index in [4.69, 9.17) is 16.7 Å². The van der Waals surface area contributed by atoms with Crippen LogP contribution in [0.5, 0.6) is 0 Å². The maximum absolute atomic E-state index is 13.0. The monoisotopic (exact) mass is 295 g/mol. The van der Waals surface area contributed by atoms with Crippen LogP contribution in [0.25, 0.3) is 0 Å². The maximum atomic E-state index is 13.0. The van der Waals surface area contributed by atoms with Crippen molar-refractivity contribution in [3.63, 3.8) is 0 Å². The van der Waals surface area contributed by atoms with Crippen LogP contribution in [0.1, 0.15) is 6.92 Å². The van der Waals surface area contributed by atoms with Gasteiger partial charge in [-0.25, -0.2) is 17.6 Å². The Balaban J connectivity index is 3.36. The second-order valence-corrected chi connectivity index (χ2v) is 5.94. The van der Waals surface area contributed by atoms with Crippen LogP contribution in [0.4, 0.5) is 10.1 Å². The highest BCUT2D eigenvalue weighted by Crippen LogP contribution is 2.26. The van der Waals surface area contributed by atoms with Gasteiger partial charge in [0, 0.05) is 0 Å². The highest BCUT2D eigenvalue weighted by Gasteiger charge is 2.29. The second-order valence-electron chi connectivity index (χ2n) is 3.67. The van der Waals surface area contributed by atoms with Crippen molar-refractivity contribution in [3.8, 4) is 0 Å². The third-order valence-electron chi connectivity index (χ3n) is 2.22. The molecule has 100 valence electrons. The number of hydrogen-bond donors (Lipinski definition) is 1. The number of carbonyl (C=O) groups is 1. The summed E-state index contributed by atoms with van der Waals surface area (Å²) in [7, 11) is -3.82. The smallest absolute Gasteiger partial charge is 0.327 e. The van der Waals surface area contributed by atoms with Crippen LogP contribution in [-0.2, 0) is 14.8 Å². The van der Waals surface area contributed by atoms with E-state index in [1.54, 1.807) is 0 Å². The predicted molar refractivity (Wildman–Crippen MR) is 65.8 cm³/mol. The Morgan fingerprint density at radius 2 is 2.06 bits per heavy atom. The van der Waals surface area contributed by atoms with Crippen LogP contribution in [-0.4, -0.2) is 31.8 Å². The molecule has 1 rings (SSSR count). The van der Waals surface area contributed by atoms with Crippen molar-refractivity contribution >= 4 is 33.3 Å². The number of nitrogens with zero attached hydrogens (tertiary/aromatic N) is 1. The molecule has 0 aliphatic heterocycles. The summed E-state index contributed by atoms with van der Waals surface area (Å²) in [6.45, 7) is 1.21. The Bertz CT molecular complexity index is 575. The maximum Gasteiger partial charge on any atom is 0.327 e. The predicted octanol–water partition coefficient (Wildman–Crippen LogP) is 1.72. The molecule has 0 heterocycles. The van der Waals surface area contributed by atoms with Crippen molar-refractivity contribution in [1.82, 2.24) is 0 Å². The number of hydrogen-bond acceptors (Lipinski definition) is 3. The molecule has 0 amide bonds. The van der Waals surface area contributed by atoms with Crippen molar-refractivity contribution in [2.75, 3.05) is 10.6 Å². The van der Waals surface area contributed by atoms with Crippen LogP contribution < -0.4 is 4.31 Å². The average molecular weight is 296 g/mol. The van der Waals surface area contributed by atoms with Crippen LogP contribution >= 0.6 is 11.6 Å². The molecule has 0 spiro atoms. The fourth-order valence-corrected chi connectivity index (χ4v) is 2.76. The van der Waals surface area contributed by atoms with Gasteiger partial charge in [0.15, 0.2) is 0 Å². The minimum absolute atomic E-state index is 0.00111. The number of rotatable bonds is 4. The average Bonchev–Trinajstić information content (AvgIpc) is 2.21. The third kappa shape index (κ3) is 3.11. The molecule has 0 bridgehead atoms. The van der Waals surface area contributed by atoms with E-state index < -0.39 is 27.9 Å². The Hall–Kier alpha value is -1.34. The van der Waals surface area contributed by atoms with Crippen molar-refractivity contribution in [3.05, 3.63) is 29.0 Å². The topological polar surface area (TPSA) is 74.7 Å². The molecule has 0 fully saturated rings. The van der Waals surface area contributed by atoms with Crippen molar-refractivity contribution in [2.24, 2.45) is 0 Å². The summed E-state index contributed by atoms with van der Waals surface area (Å²) in [4.78, 5) is 10.9. The van der Waals surface area contributed by atoms with Gasteiger partial charge in [-0.1, -0.05) is 11.6 Å². The lowest BCUT2D eigenvalue weighted by molar-refractivity contribution is -0.137. The molecule has 8 heteroatoms. The Morgan fingerprint density at radius 1 is 1.50 bits per heavy atom. The van der Waals surface area contributed by atoms with Gasteiger partial charge in [0.05, 0.1) is 17.0 Å². The molecule has 0 radical (unpaired) electrons. The summed E-state index contributed by atoms with van der Waals surface area (Å²) in [5, 5.41) is 8.61. The molecule has 1 unspecified atom stereocenters. The third-order valence-corrected chi connectivity index (χ3v) is 3.76. The molecule has 0 saturated heterocycles. The lowest BCUT2D eigenvalue weighted by Gasteiger charge is -2.26. The highest BCUT2D eigenvalue weighted by molar-refractivity contribution is 7.92. The molecule has 18 heavy (non-hydrogen) atoms. The molecule has 0 aromatic heterocycles. The number of benzene rings is 1. The first-order valence-electron chi connectivity index (χ1n) is 4.82. The molecule has 5 nitrogen and oxygen atoms in total. The fraction of sp³-hybridized carbons (Fsp3) is 0.300. The van der Waals surface area contributed by atoms with Crippen LogP contribution in [0.15, 0.2) is 18.2 Å². The van der Waals surface area contributed by atoms with Gasteiger partial charge in [-0.3, -0.25) is 4.31 Å². The SMILES string of the molecule is CC(C(=O)O)N(c1ccc(F)c(Cl)c1)S(C)(=O)=O. The number of aliphatic carboxylic acids is 1. The molecule has 1 atom stereocenters. The van der Waals surface area contributed by atoms with Crippen LogP contribution in [0.3, 0.4) is 0 Å². The van der Waals surface area contributed by atoms with E-state index in [9.17, 15) is 17.6 Å². The zero-order valence-electron chi connectivity index (χ0n) is 9.59. The van der Waals surface area contributed by atoms with Gasteiger partial charge < -0.3 is 5.11 Å². The Labute approximate surface area is 109 Å². The van der Waals surface area contributed by atoms with Gasteiger partial charge in [-0.15, -0.1) is 0 Å². The zero-order chi connectivity index (χ0) is 14.1. The van der Waals surface area contributed by atoms with E-state index in [1.807, 2.05) is 0 Å². The molecule has 0 aliphatic rings. The molecular formula is C10H11ClFNO4S. The van der Waals surface area contributed by atoms with E-state index in [0.29, 0.717) is 4.31 Å². The van der Waals surface area contributed by atoms with Gasteiger partial charge >= 0.3 is 5.97 Å². The summed E-state index contributed by atoms with van der Waals surface area (Å²) >= 11 is 5.55. The normalized spacial score (nSPS) is 13.1. The van der Waals surface area contributed by atoms with E-state index >= 15 is 0 Å². The second kappa shape index (κ2) is 5.11. The Kier molecular flexibility index (Phi) is 4.18. The molecule has 0 saturated carbocycles. The number of carboxylic acids is 1. The minimum atomic E-state index is -3.82. The minimum Gasteiger partial charge on any atom is -0.480 e. The number of halogens is 2. The number of anilines is 1. The Morgan fingerprint density at radius 3 is 2.44 bits per heavy atom. The fourth-order valence-electron chi connectivity index (χ4n) is 1.42. The van der Waals surface area contributed by atoms with Crippen molar-refractivity contribution < 1.29 is 22.7 Å². The molecule has 1 aromatic rings. The quantitative estimate of drug-likeness (QED) is 0.918. The summed E-state index contributed by atoms with van der Waals surface area (Å²) in [6, 6.07) is 1.88. The van der Waals surface area contributed by atoms with Crippen molar-refractivity contribution in [1.29, 1.82) is 0 Å². The zero-order valence-corrected chi connectivity index (χ0v) is 11.2. The first kappa shape index (κ1) is 14.7. The van der Waals surface area contributed by atoms with E-state index in [-0.39, 0.29) is 10.7 Å². The molecule has 1 aromatic carbocycles. The summed E-state index contributed by atoms with van der Waals surface area (Å²) in [5.74, 6) is -2.03. The largest absolute Gasteiger partial charge is 0.480 e. The molecule has 1 N–H and O–H groups in total. The lowest BCUT2D eigenvalue weighted by atomic mass is 10.2. The lowest BCUT2D eigenvalue weighted by Crippen LogP contribution is -2.42. The summed E-state index contributed by atoms with van der Waals surface area (Å²) < 4.78 is 36.9. The first-order chi connectivity index (χ1) is 8.14. The molecular weight excluding hydrogens is 285 g/mol. The standard InChI is InChI=1S/C10H11ClFNO4S/c1-6(10(14)15)13(18(2,16)17)7-3-4-9(12)8(11)5-7/h3-6H,1-2H3,(H,14,15). The van der Waals surface area contributed by atoms with Crippen LogP contribution in [0, 0.1) is 5.82 Å². The van der Waals surface area contributed by atoms with E-state index in [0.717, 1.165) is 24.5 Å². The van der Waals surface area contributed by atoms with E-state index in [1.165, 1.54) is 6.92 Å². The van der Waals surface area contributed by atoms with Gasteiger partial charge in [0.1, 0.15) is 11.9 Å². The van der Waals surface area contributed by atoms with Gasteiger partial charge in [0.2, 0.25) is 10.0 Å². The summed E-state index contributed by atoms with van der Waals surface area (Å²) in [6.07, 6.45) is 0.865. The number of carboxylic acid groups (broad SMARTS) is 1. The number of sulfonamides is 1. The first-order valence-corrected chi connectivity index (χ1v) is 7.04. The van der Waals surface area contributed by atoms with Crippen LogP contribution in [0.2, 0.25) is 5.02 Å². The van der Waals surface area contributed by atoms with Crippen molar-refractivity contribution in [2.45, 2.75) is 13.0 Å². The molecule has 0 aliphatic carbocycles. The summed E-state index contributed by atoms with van der Waals surface area (Å²) in [5.41, 5.74) is -0.00111. The highest BCUT2D eigenvalue weighted by atomic mass is 35.5.